The molecule has 1 fully saturated rings. The van der Waals surface area contributed by atoms with Crippen molar-refractivity contribution in [2.75, 3.05) is 18.1 Å². The molecule has 0 bridgehead atoms. The van der Waals surface area contributed by atoms with E-state index in [9.17, 15) is 5.11 Å². The highest BCUT2D eigenvalue weighted by molar-refractivity contribution is 7.19. The summed E-state index contributed by atoms with van der Waals surface area (Å²) in [4.78, 5) is 19.1. The summed E-state index contributed by atoms with van der Waals surface area (Å²) in [5.74, 6) is 1.77. The quantitative estimate of drug-likeness (QED) is 0.725. The number of pyridine rings is 1. The van der Waals surface area contributed by atoms with E-state index in [4.69, 9.17) is 9.97 Å². The number of rotatable bonds is 5. The first kappa shape index (κ1) is 17.1. The number of aliphatic hydroxyl groups excluding tert-OH is 1. The van der Waals surface area contributed by atoms with Crippen LogP contribution in [-0.2, 0) is 12.8 Å². The monoisotopic (exact) mass is 380 g/mol. The van der Waals surface area contributed by atoms with Crippen LogP contribution in [0, 0.1) is 0 Å². The Morgan fingerprint density at radius 2 is 2.04 bits per heavy atom. The van der Waals surface area contributed by atoms with Gasteiger partial charge in [-0.1, -0.05) is 0 Å². The Hall–Kier alpha value is -2.05. The molecule has 6 heteroatoms. The highest BCUT2D eigenvalue weighted by atomic mass is 32.1. The number of anilines is 1. The van der Waals surface area contributed by atoms with Crippen molar-refractivity contribution in [2.45, 2.75) is 51.0 Å². The van der Waals surface area contributed by atoms with Crippen molar-refractivity contribution in [1.82, 2.24) is 15.0 Å². The minimum Gasteiger partial charge on any atom is -0.395 e. The maximum Gasteiger partial charge on any atom is 0.164 e. The first-order chi connectivity index (χ1) is 13.3. The Labute approximate surface area is 163 Å². The Kier molecular flexibility index (Phi) is 4.53. The van der Waals surface area contributed by atoms with Gasteiger partial charge in [0, 0.05) is 35.4 Å². The molecule has 27 heavy (non-hydrogen) atoms. The second kappa shape index (κ2) is 7.17. The molecule has 0 radical (unpaired) electrons. The van der Waals surface area contributed by atoms with Gasteiger partial charge in [-0.25, -0.2) is 9.97 Å². The highest BCUT2D eigenvalue weighted by Crippen LogP contribution is 2.42. The third-order valence-electron chi connectivity index (χ3n) is 5.84. The molecule has 5 nitrogen and oxygen atoms in total. The van der Waals surface area contributed by atoms with Crippen LogP contribution in [0.15, 0.2) is 24.5 Å². The normalized spacial score (nSPS) is 16.9. The molecule has 0 saturated heterocycles. The van der Waals surface area contributed by atoms with Gasteiger partial charge in [-0.05, 0) is 62.6 Å². The van der Waals surface area contributed by atoms with Crippen LogP contribution >= 0.6 is 11.3 Å². The van der Waals surface area contributed by atoms with Crippen LogP contribution < -0.4 is 4.90 Å². The van der Waals surface area contributed by atoms with Crippen LogP contribution in [0.3, 0.4) is 0 Å². The maximum atomic E-state index is 9.72. The summed E-state index contributed by atoms with van der Waals surface area (Å²) in [6, 6.07) is 4.43. The average molecular weight is 381 g/mol. The van der Waals surface area contributed by atoms with E-state index in [-0.39, 0.29) is 6.61 Å². The number of thiophene rings is 1. The first-order valence-corrected chi connectivity index (χ1v) is 10.8. The topological polar surface area (TPSA) is 62.1 Å². The number of hydrogen-bond acceptors (Lipinski definition) is 6. The van der Waals surface area contributed by atoms with Crippen molar-refractivity contribution in [3.63, 3.8) is 0 Å². The lowest BCUT2D eigenvalue weighted by molar-refractivity contribution is 0.283. The molecule has 2 aliphatic rings. The summed E-state index contributed by atoms with van der Waals surface area (Å²) >= 11 is 1.83. The van der Waals surface area contributed by atoms with Crippen molar-refractivity contribution < 1.29 is 5.11 Å². The van der Waals surface area contributed by atoms with E-state index in [1.165, 1.54) is 47.9 Å². The summed E-state index contributed by atoms with van der Waals surface area (Å²) in [7, 11) is 0. The second-order valence-corrected chi connectivity index (χ2v) is 8.59. The number of aryl methyl sites for hydroxylation is 2. The molecule has 0 unspecified atom stereocenters. The van der Waals surface area contributed by atoms with E-state index >= 15 is 0 Å². The van der Waals surface area contributed by atoms with Crippen LogP contribution in [0.1, 0.15) is 42.5 Å². The van der Waals surface area contributed by atoms with Gasteiger partial charge in [-0.3, -0.25) is 4.98 Å². The third kappa shape index (κ3) is 3.01. The number of fused-ring (bicyclic) bond motifs is 3. The molecule has 0 amide bonds. The lowest BCUT2D eigenvalue weighted by Gasteiger charge is -2.38. The molecule has 2 aliphatic carbocycles. The Morgan fingerprint density at radius 1 is 1.15 bits per heavy atom. The van der Waals surface area contributed by atoms with Gasteiger partial charge in [0.15, 0.2) is 5.82 Å². The van der Waals surface area contributed by atoms with E-state index in [2.05, 4.69) is 9.88 Å². The van der Waals surface area contributed by atoms with Gasteiger partial charge >= 0.3 is 0 Å². The maximum absolute atomic E-state index is 9.72. The van der Waals surface area contributed by atoms with Crippen molar-refractivity contribution in [2.24, 2.45) is 0 Å². The zero-order valence-corrected chi connectivity index (χ0v) is 16.2. The number of aromatic nitrogens is 3. The van der Waals surface area contributed by atoms with E-state index in [1.807, 2.05) is 29.7 Å². The summed E-state index contributed by atoms with van der Waals surface area (Å²) < 4.78 is 0. The zero-order chi connectivity index (χ0) is 18.2. The zero-order valence-electron chi connectivity index (χ0n) is 15.4. The number of aliphatic hydroxyl groups is 1. The van der Waals surface area contributed by atoms with Crippen molar-refractivity contribution >= 4 is 27.4 Å². The van der Waals surface area contributed by atoms with Crippen LogP contribution in [0.2, 0.25) is 0 Å². The van der Waals surface area contributed by atoms with Crippen molar-refractivity contribution in [1.29, 1.82) is 0 Å². The fraction of sp³-hybridized carbons (Fsp3) is 0.476. The minimum absolute atomic E-state index is 0.149. The van der Waals surface area contributed by atoms with E-state index in [0.717, 1.165) is 34.9 Å². The first-order valence-electron chi connectivity index (χ1n) is 9.95. The second-order valence-electron chi connectivity index (χ2n) is 7.51. The SMILES string of the molecule is OCCN(c1nc(-c2cccnc2)nc2sc3c(c12)CCCC3)C1CCC1. The largest absolute Gasteiger partial charge is 0.395 e. The fourth-order valence-corrected chi connectivity index (χ4v) is 5.49. The number of hydrogen-bond donors (Lipinski definition) is 1. The Bertz CT molecular complexity index is 952. The summed E-state index contributed by atoms with van der Waals surface area (Å²) in [5, 5.41) is 11.0. The van der Waals surface area contributed by atoms with Gasteiger partial charge in [-0.15, -0.1) is 11.3 Å². The highest BCUT2D eigenvalue weighted by Gasteiger charge is 2.30. The Morgan fingerprint density at radius 3 is 2.78 bits per heavy atom. The molecule has 1 saturated carbocycles. The van der Waals surface area contributed by atoms with Crippen LogP contribution in [0.4, 0.5) is 5.82 Å². The van der Waals surface area contributed by atoms with Gasteiger partial charge in [0.1, 0.15) is 10.6 Å². The average Bonchev–Trinajstić information content (AvgIpc) is 3.05. The van der Waals surface area contributed by atoms with Gasteiger partial charge in [0.25, 0.3) is 0 Å². The molecule has 0 spiro atoms. The summed E-state index contributed by atoms with van der Waals surface area (Å²) in [5.41, 5.74) is 2.40. The fourth-order valence-electron chi connectivity index (χ4n) is 4.24. The van der Waals surface area contributed by atoms with Crippen LogP contribution in [0.25, 0.3) is 21.6 Å². The van der Waals surface area contributed by atoms with Gasteiger partial charge in [-0.2, -0.15) is 0 Å². The molecule has 0 aliphatic heterocycles. The van der Waals surface area contributed by atoms with Crippen molar-refractivity contribution in [3.05, 3.63) is 35.0 Å². The summed E-state index contributed by atoms with van der Waals surface area (Å²) in [6.07, 6.45) is 12.0. The predicted octanol–water partition coefficient (Wildman–Crippen LogP) is 3.98. The molecule has 0 atom stereocenters. The van der Waals surface area contributed by atoms with E-state index < -0.39 is 0 Å². The third-order valence-corrected chi connectivity index (χ3v) is 7.03. The molecular weight excluding hydrogens is 356 g/mol. The van der Waals surface area contributed by atoms with E-state index in [0.29, 0.717) is 12.6 Å². The standard InChI is InChI=1S/C21H24N4OS/c26-12-11-25(15-6-3-7-15)20-18-16-8-1-2-9-17(16)27-21(18)24-19(23-20)14-5-4-10-22-13-14/h4-5,10,13,15,26H,1-3,6-9,11-12H2. The molecule has 3 aromatic heterocycles. The van der Waals surface area contributed by atoms with Crippen LogP contribution in [-0.4, -0.2) is 39.3 Å². The minimum atomic E-state index is 0.149. The lowest BCUT2D eigenvalue weighted by atomic mass is 9.90. The predicted molar refractivity (Wildman–Crippen MR) is 109 cm³/mol. The van der Waals surface area contributed by atoms with Gasteiger partial charge in [0.05, 0.1) is 12.0 Å². The lowest BCUT2D eigenvalue weighted by Crippen LogP contribution is -2.42. The smallest absolute Gasteiger partial charge is 0.164 e. The van der Waals surface area contributed by atoms with Gasteiger partial charge < -0.3 is 10.0 Å². The van der Waals surface area contributed by atoms with Crippen LogP contribution in [0.5, 0.6) is 0 Å². The molecule has 1 N–H and O–H groups in total. The Balaban J connectivity index is 1.73. The molecule has 3 heterocycles. The van der Waals surface area contributed by atoms with Crippen molar-refractivity contribution in [3.8, 4) is 11.4 Å². The molecular formula is C21H24N4OS. The molecule has 3 aromatic rings. The number of nitrogens with zero attached hydrogens (tertiary/aromatic N) is 4. The molecule has 5 rings (SSSR count). The summed E-state index contributed by atoms with van der Waals surface area (Å²) in [6.45, 7) is 0.782. The molecule has 0 aromatic carbocycles. The van der Waals surface area contributed by atoms with E-state index in [1.54, 1.807) is 6.20 Å². The van der Waals surface area contributed by atoms with Gasteiger partial charge in [0.2, 0.25) is 0 Å². The molecule has 140 valence electrons.